The van der Waals surface area contributed by atoms with Gasteiger partial charge in [-0.1, -0.05) is 30.3 Å². The highest BCUT2D eigenvalue weighted by Crippen LogP contribution is 2.35. The van der Waals surface area contributed by atoms with Gasteiger partial charge in [0.2, 0.25) is 0 Å². The zero-order chi connectivity index (χ0) is 16.3. The lowest BCUT2D eigenvalue weighted by molar-refractivity contribution is 0.0927. The van der Waals surface area contributed by atoms with E-state index in [9.17, 15) is 9.90 Å². The van der Waals surface area contributed by atoms with Crippen LogP contribution in [0.25, 0.3) is 0 Å². The molecule has 118 valence electrons. The molecule has 1 amide bonds. The molecule has 1 atom stereocenters. The van der Waals surface area contributed by atoms with E-state index >= 15 is 0 Å². The topological polar surface area (TPSA) is 62.2 Å². The first-order valence-corrected chi connectivity index (χ1v) is 8.13. The SMILES string of the molecule is Cc1nc(C(C)(C)c2ccccc2)sc1C(=O)NCC(C)O. The van der Waals surface area contributed by atoms with E-state index in [0.29, 0.717) is 4.88 Å². The average molecular weight is 318 g/mol. The molecule has 0 aliphatic carbocycles. The minimum absolute atomic E-state index is 0.175. The molecular weight excluding hydrogens is 296 g/mol. The Morgan fingerprint density at radius 2 is 2.00 bits per heavy atom. The number of benzene rings is 1. The van der Waals surface area contributed by atoms with Crippen molar-refractivity contribution in [2.75, 3.05) is 6.54 Å². The van der Waals surface area contributed by atoms with Gasteiger partial charge in [-0.2, -0.15) is 0 Å². The molecule has 2 aromatic rings. The summed E-state index contributed by atoms with van der Waals surface area (Å²) in [6.45, 7) is 7.95. The molecule has 5 heteroatoms. The molecule has 0 saturated carbocycles. The van der Waals surface area contributed by atoms with E-state index in [1.54, 1.807) is 6.92 Å². The summed E-state index contributed by atoms with van der Waals surface area (Å²) in [5, 5.41) is 12.9. The van der Waals surface area contributed by atoms with Crippen molar-refractivity contribution in [3.63, 3.8) is 0 Å². The third-order valence-electron chi connectivity index (χ3n) is 3.59. The molecule has 0 spiro atoms. The first kappa shape index (κ1) is 16.6. The van der Waals surface area contributed by atoms with Gasteiger partial charge in [0.05, 0.1) is 11.8 Å². The summed E-state index contributed by atoms with van der Waals surface area (Å²) in [4.78, 5) is 17.4. The van der Waals surface area contributed by atoms with Crippen LogP contribution < -0.4 is 5.32 Å². The minimum Gasteiger partial charge on any atom is -0.392 e. The number of amides is 1. The molecule has 0 radical (unpaired) electrons. The van der Waals surface area contributed by atoms with Crippen LogP contribution in [0.1, 0.15) is 46.7 Å². The largest absolute Gasteiger partial charge is 0.392 e. The van der Waals surface area contributed by atoms with E-state index in [1.165, 1.54) is 16.9 Å². The zero-order valence-corrected chi connectivity index (χ0v) is 14.2. The summed E-state index contributed by atoms with van der Waals surface area (Å²) in [5.41, 5.74) is 1.64. The number of carbonyl (C=O) groups is 1. The van der Waals surface area contributed by atoms with Gasteiger partial charge in [0, 0.05) is 12.0 Å². The Labute approximate surface area is 135 Å². The third kappa shape index (κ3) is 3.54. The molecule has 4 nitrogen and oxygen atoms in total. The number of carbonyl (C=O) groups excluding carboxylic acids is 1. The molecule has 1 heterocycles. The van der Waals surface area contributed by atoms with E-state index in [4.69, 9.17) is 0 Å². The molecule has 1 unspecified atom stereocenters. The Kier molecular flexibility index (Phi) is 4.98. The first-order valence-electron chi connectivity index (χ1n) is 7.32. The maximum atomic E-state index is 12.2. The molecule has 0 fully saturated rings. The zero-order valence-electron chi connectivity index (χ0n) is 13.4. The molecule has 0 bridgehead atoms. The highest BCUT2D eigenvalue weighted by atomic mass is 32.1. The van der Waals surface area contributed by atoms with Crippen LogP contribution in [0.5, 0.6) is 0 Å². The van der Waals surface area contributed by atoms with Crippen molar-refractivity contribution < 1.29 is 9.90 Å². The van der Waals surface area contributed by atoms with Crippen LogP contribution in [-0.2, 0) is 5.41 Å². The number of rotatable bonds is 5. The molecule has 1 aromatic carbocycles. The number of nitrogens with one attached hydrogen (secondary N) is 1. The molecule has 22 heavy (non-hydrogen) atoms. The van der Waals surface area contributed by atoms with Gasteiger partial charge in [-0.25, -0.2) is 4.98 Å². The second kappa shape index (κ2) is 6.58. The molecule has 0 aliphatic heterocycles. The predicted octanol–water partition coefficient (Wildman–Crippen LogP) is 2.89. The molecule has 0 saturated heterocycles. The van der Waals surface area contributed by atoms with Crippen molar-refractivity contribution in [3.05, 3.63) is 51.5 Å². The Balaban J connectivity index is 2.27. The summed E-state index contributed by atoms with van der Waals surface area (Å²) in [5.74, 6) is -0.175. The summed E-state index contributed by atoms with van der Waals surface area (Å²) in [6.07, 6.45) is -0.558. The van der Waals surface area contributed by atoms with Crippen LogP contribution in [0.4, 0.5) is 0 Å². The van der Waals surface area contributed by atoms with Gasteiger partial charge in [0.25, 0.3) is 5.91 Å². The van der Waals surface area contributed by atoms with Crippen molar-refractivity contribution in [1.29, 1.82) is 0 Å². The monoisotopic (exact) mass is 318 g/mol. The number of aryl methyl sites for hydroxylation is 1. The van der Waals surface area contributed by atoms with Crippen LogP contribution in [-0.4, -0.2) is 28.6 Å². The van der Waals surface area contributed by atoms with Gasteiger partial charge in [0.15, 0.2) is 0 Å². The van der Waals surface area contributed by atoms with E-state index < -0.39 is 6.10 Å². The fraction of sp³-hybridized carbons (Fsp3) is 0.412. The van der Waals surface area contributed by atoms with Crippen LogP contribution in [0.15, 0.2) is 30.3 Å². The Bertz CT molecular complexity index is 648. The van der Waals surface area contributed by atoms with Crippen molar-refractivity contribution in [2.24, 2.45) is 0 Å². The van der Waals surface area contributed by atoms with Gasteiger partial charge < -0.3 is 10.4 Å². The van der Waals surface area contributed by atoms with Crippen LogP contribution >= 0.6 is 11.3 Å². The van der Waals surface area contributed by atoms with E-state index in [-0.39, 0.29) is 17.9 Å². The lowest BCUT2D eigenvalue weighted by Crippen LogP contribution is -2.30. The number of hydrogen-bond acceptors (Lipinski definition) is 4. The maximum absolute atomic E-state index is 12.2. The molecular formula is C17H22N2O2S. The Morgan fingerprint density at radius 1 is 1.36 bits per heavy atom. The second-order valence-corrected chi connectivity index (χ2v) is 6.98. The van der Waals surface area contributed by atoms with Crippen molar-refractivity contribution in [1.82, 2.24) is 10.3 Å². The highest BCUT2D eigenvalue weighted by Gasteiger charge is 2.29. The third-order valence-corrected chi connectivity index (χ3v) is 5.07. The van der Waals surface area contributed by atoms with Crippen molar-refractivity contribution >= 4 is 17.2 Å². The van der Waals surface area contributed by atoms with E-state index in [2.05, 4.69) is 36.3 Å². The van der Waals surface area contributed by atoms with Crippen molar-refractivity contribution in [2.45, 2.75) is 39.2 Å². The van der Waals surface area contributed by atoms with Crippen LogP contribution in [0, 0.1) is 6.92 Å². The Morgan fingerprint density at radius 3 is 2.59 bits per heavy atom. The predicted molar refractivity (Wildman–Crippen MR) is 89.4 cm³/mol. The number of aliphatic hydroxyl groups is 1. The number of thiazole rings is 1. The fourth-order valence-corrected chi connectivity index (χ4v) is 3.28. The van der Waals surface area contributed by atoms with Crippen LogP contribution in [0.2, 0.25) is 0 Å². The lowest BCUT2D eigenvalue weighted by atomic mass is 9.85. The van der Waals surface area contributed by atoms with Gasteiger partial charge in [-0.05, 0) is 33.3 Å². The molecule has 0 aliphatic rings. The number of aromatic nitrogens is 1. The summed E-state index contributed by atoms with van der Waals surface area (Å²) >= 11 is 1.42. The standard InChI is InChI=1S/C17H22N2O2S/c1-11(20)10-18-15(21)14-12(2)19-16(22-14)17(3,4)13-8-6-5-7-9-13/h5-9,11,20H,10H2,1-4H3,(H,18,21). The lowest BCUT2D eigenvalue weighted by Gasteiger charge is -2.22. The molecule has 2 N–H and O–H groups in total. The summed E-state index contributed by atoms with van der Waals surface area (Å²) in [7, 11) is 0. The number of aliphatic hydroxyl groups excluding tert-OH is 1. The van der Waals surface area contributed by atoms with E-state index in [0.717, 1.165) is 10.7 Å². The van der Waals surface area contributed by atoms with Gasteiger partial charge in [0.1, 0.15) is 9.88 Å². The quantitative estimate of drug-likeness (QED) is 0.891. The second-order valence-electron chi connectivity index (χ2n) is 5.98. The summed E-state index contributed by atoms with van der Waals surface area (Å²) < 4.78 is 0. The average Bonchev–Trinajstić information content (AvgIpc) is 2.88. The fourth-order valence-electron chi connectivity index (χ4n) is 2.17. The van der Waals surface area contributed by atoms with Crippen LogP contribution in [0.3, 0.4) is 0 Å². The number of hydrogen-bond donors (Lipinski definition) is 2. The van der Waals surface area contributed by atoms with Gasteiger partial charge >= 0.3 is 0 Å². The van der Waals surface area contributed by atoms with Gasteiger partial charge in [-0.15, -0.1) is 11.3 Å². The molecule has 1 aromatic heterocycles. The molecule has 2 rings (SSSR count). The Hall–Kier alpha value is -1.72. The first-order chi connectivity index (χ1) is 10.3. The maximum Gasteiger partial charge on any atom is 0.263 e. The minimum atomic E-state index is -0.558. The normalized spacial score (nSPS) is 13.0. The smallest absolute Gasteiger partial charge is 0.263 e. The number of nitrogens with zero attached hydrogens (tertiary/aromatic N) is 1. The summed E-state index contributed by atoms with van der Waals surface area (Å²) in [6, 6.07) is 10.1. The highest BCUT2D eigenvalue weighted by molar-refractivity contribution is 7.14. The van der Waals surface area contributed by atoms with Gasteiger partial charge in [-0.3, -0.25) is 4.79 Å². The van der Waals surface area contributed by atoms with E-state index in [1.807, 2.05) is 25.1 Å². The van der Waals surface area contributed by atoms with Crippen molar-refractivity contribution in [3.8, 4) is 0 Å².